The van der Waals surface area contributed by atoms with Crippen LogP contribution in [0.3, 0.4) is 0 Å². The van der Waals surface area contributed by atoms with E-state index in [2.05, 4.69) is 43.2 Å². The van der Waals surface area contributed by atoms with Gasteiger partial charge in [0.25, 0.3) is 0 Å². The summed E-state index contributed by atoms with van der Waals surface area (Å²) < 4.78 is 5.91. The largest absolute Gasteiger partial charge is 0.378 e. The zero-order valence-corrected chi connectivity index (χ0v) is 17.1. The Morgan fingerprint density at radius 1 is 1.16 bits per heavy atom. The maximum atomic E-state index is 5.91. The molecule has 25 heavy (non-hydrogen) atoms. The maximum absolute atomic E-state index is 5.91. The summed E-state index contributed by atoms with van der Waals surface area (Å²) in [5.41, 5.74) is 0. The lowest BCUT2D eigenvalue weighted by Crippen LogP contribution is -2.42. The molecule has 1 aliphatic rings. The summed E-state index contributed by atoms with van der Waals surface area (Å²) in [6, 6.07) is 0.447. The molecule has 0 heterocycles. The fraction of sp³-hybridized carbons (Fsp3) is 0.950. The number of hydrogen-bond acceptors (Lipinski definition) is 3. The molecule has 2 N–H and O–H groups in total. The van der Waals surface area contributed by atoms with E-state index in [9.17, 15) is 0 Å². The molecule has 0 aromatic carbocycles. The van der Waals surface area contributed by atoms with Crippen LogP contribution in [0.1, 0.15) is 72.6 Å². The summed E-state index contributed by atoms with van der Waals surface area (Å²) in [4.78, 5) is 7.18. The molecule has 148 valence electrons. The molecule has 1 aliphatic carbocycles. The van der Waals surface area contributed by atoms with Crippen molar-refractivity contribution in [3.05, 3.63) is 0 Å². The van der Waals surface area contributed by atoms with Crippen LogP contribution in [0.5, 0.6) is 0 Å². The zero-order valence-electron chi connectivity index (χ0n) is 17.1. The first-order chi connectivity index (χ1) is 12.2. The minimum Gasteiger partial charge on any atom is -0.378 e. The molecule has 1 unspecified atom stereocenters. The molecule has 5 nitrogen and oxygen atoms in total. The monoisotopic (exact) mass is 354 g/mol. The van der Waals surface area contributed by atoms with Gasteiger partial charge >= 0.3 is 0 Å². The zero-order chi connectivity index (χ0) is 18.3. The Labute approximate surface area is 156 Å². The molecule has 0 aromatic heterocycles. The minimum atomic E-state index is 0.447. The van der Waals surface area contributed by atoms with Crippen molar-refractivity contribution in [3.63, 3.8) is 0 Å². The van der Waals surface area contributed by atoms with Gasteiger partial charge in [-0.05, 0) is 65.6 Å². The van der Waals surface area contributed by atoms with E-state index in [0.29, 0.717) is 12.1 Å². The number of nitrogens with zero attached hydrogens (tertiary/aromatic N) is 2. The SMILES string of the molecule is CCNC(=NCCCOC1CCCC1)NC(C)CCCN(CC)CC. The first-order valence-electron chi connectivity index (χ1n) is 10.6. The predicted octanol–water partition coefficient (Wildman–Crippen LogP) is 3.40. The summed E-state index contributed by atoms with van der Waals surface area (Å²) in [5, 5.41) is 6.89. The third-order valence-electron chi connectivity index (χ3n) is 4.96. The number of rotatable bonds is 13. The lowest BCUT2D eigenvalue weighted by Gasteiger charge is -2.21. The van der Waals surface area contributed by atoms with Crippen molar-refractivity contribution >= 4 is 5.96 Å². The molecule has 1 saturated carbocycles. The second-order valence-corrected chi connectivity index (χ2v) is 7.11. The van der Waals surface area contributed by atoms with E-state index < -0.39 is 0 Å². The van der Waals surface area contributed by atoms with E-state index in [-0.39, 0.29) is 0 Å². The van der Waals surface area contributed by atoms with Crippen LogP contribution in [0, 0.1) is 0 Å². The Kier molecular flexibility index (Phi) is 12.8. The standard InChI is InChI=1S/C20H42N4O/c1-5-21-20(22-15-11-17-25-19-13-8-9-14-19)23-18(4)12-10-16-24(6-2)7-3/h18-19H,5-17H2,1-4H3,(H2,21,22,23). The summed E-state index contributed by atoms with van der Waals surface area (Å²) in [6.45, 7) is 14.9. The smallest absolute Gasteiger partial charge is 0.191 e. The van der Waals surface area contributed by atoms with E-state index >= 15 is 0 Å². The number of nitrogens with one attached hydrogen (secondary N) is 2. The lowest BCUT2D eigenvalue weighted by molar-refractivity contribution is 0.0579. The first-order valence-corrected chi connectivity index (χ1v) is 10.6. The Bertz CT molecular complexity index is 339. The molecule has 0 spiro atoms. The highest BCUT2D eigenvalue weighted by molar-refractivity contribution is 5.79. The van der Waals surface area contributed by atoms with Crippen LogP contribution in [0.2, 0.25) is 0 Å². The van der Waals surface area contributed by atoms with Crippen molar-refractivity contribution in [1.29, 1.82) is 0 Å². The van der Waals surface area contributed by atoms with Gasteiger partial charge in [-0.2, -0.15) is 0 Å². The van der Waals surface area contributed by atoms with Gasteiger partial charge in [0.05, 0.1) is 6.10 Å². The van der Waals surface area contributed by atoms with E-state index in [0.717, 1.165) is 45.2 Å². The molecule has 0 bridgehead atoms. The average molecular weight is 355 g/mol. The third kappa shape index (κ3) is 10.7. The fourth-order valence-electron chi connectivity index (χ4n) is 3.35. The van der Waals surface area contributed by atoms with E-state index in [4.69, 9.17) is 9.73 Å². The Hall–Kier alpha value is -0.810. The Balaban J connectivity index is 2.19. The van der Waals surface area contributed by atoms with Gasteiger partial charge in [-0.1, -0.05) is 26.7 Å². The molecular weight excluding hydrogens is 312 g/mol. The second-order valence-electron chi connectivity index (χ2n) is 7.11. The average Bonchev–Trinajstić information content (AvgIpc) is 3.12. The molecule has 0 radical (unpaired) electrons. The molecule has 1 fully saturated rings. The van der Waals surface area contributed by atoms with Crippen molar-refractivity contribution < 1.29 is 4.74 Å². The number of guanidine groups is 1. The van der Waals surface area contributed by atoms with Gasteiger partial charge in [0.15, 0.2) is 5.96 Å². The van der Waals surface area contributed by atoms with Gasteiger partial charge in [-0.15, -0.1) is 0 Å². The molecule has 5 heteroatoms. The highest BCUT2D eigenvalue weighted by atomic mass is 16.5. The van der Waals surface area contributed by atoms with E-state index in [1.165, 1.54) is 45.1 Å². The van der Waals surface area contributed by atoms with Gasteiger partial charge in [0, 0.05) is 25.7 Å². The van der Waals surface area contributed by atoms with E-state index in [1.54, 1.807) is 0 Å². The first kappa shape index (κ1) is 22.2. The van der Waals surface area contributed by atoms with Gasteiger partial charge in [-0.25, -0.2) is 0 Å². The van der Waals surface area contributed by atoms with Crippen molar-refractivity contribution in [1.82, 2.24) is 15.5 Å². The summed E-state index contributed by atoms with van der Waals surface area (Å²) in [5.74, 6) is 0.943. The minimum absolute atomic E-state index is 0.447. The highest BCUT2D eigenvalue weighted by Gasteiger charge is 2.14. The van der Waals surface area contributed by atoms with Crippen molar-refractivity contribution in [2.75, 3.05) is 39.3 Å². The fourth-order valence-corrected chi connectivity index (χ4v) is 3.35. The normalized spacial score (nSPS) is 17.2. The van der Waals surface area contributed by atoms with E-state index in [1.807, 2.05) is 0 Å². The van der Waals surface area contributed by atoms with Crippen LogP contribution < -0.4 is 10.6 Å². The summed E-state index contributed by atoms with van der Waals surface area (Å²) in [7, 11) is 0. The van der Waals surface area contributed by atoms with Crippen molar-refractivity contribution in [3.8, 4) is 0 Å². The Morgan fingerprint density at radius 2 is 1.88 bits per heavy atom. The molecular formula is C20H42N4O. The molecule has 0 saturated heterocycles. The van der Waals surface area contributed by atoms with Crippen LogP contribution in [0.4, 0.5) is 0 Å². The van der Waals surface area contributed by atoms with Crippen LogP contribution in [-0.4, -0.2) is 62.3 Å². The number of hydrogen-bond donors (Lipinski definition) is 2. The van der Waals surface area contributed by atoms with Gasteiger partial charge in [0.2, 0.25) is 0 Å². The molecule has 0 aliphatic heterocycles. The van der Waals surface area contributed by atoms with Crippen molar-refractivity contribution in [2.24, 2.45) is 4.99 Å². The number of aliphatic imine (C=N–C) groups is 1. The van der Waals surface area contributed by atoms with Gasteiger partial charge < -0.3 is 20.3 Å². The second kappa shape index (κ2) is 14.4. The number of ether oxygens (including phenoxy) is 1. The van der Waals surface area contributed by atoms with Crippen molar-refractivity contribution in [2.45, 2.75) is 84.8 Å². The molecule has 0 amide bonds. The summed E-state index contributed by atoms with van der Waals surface area (Å²) in [6.07, 6.45) is 9.09. The predicted molar refractivity (Wildman–Crippen MR) is 108 cm³/mol. The van der Waals surface area contributed by atoms with Gasteiger partial charge in [0.1, 0.15) is 0 Å². The highest BCUT2D eigenvalue weighted by Crippen LogP contribution is 2.20. The molecule has 1 rings (SSSR count). The summed E-state index contributed by atoms with van der Waals surface area (Å²) >= 11 is 0. The van der Waals surface area contributed by atoms with Crippen LogP contribution in [0.15, 0.2) is 4.99 Å². The third-order valence-corrected chi connectivity index (χ3v) is 4.96. The van der Waals surface area contributed by atoms with Crippen LogP contribution >= 0.6 is 0 Å². The Morgan fingerprint density at radius 3 is 2.52 bits per heavy atom. The lowest BCUT2D eigenvalue weighted by atomic mass is 10.2. The molecule has 1 atom stereocenters. The molecule has 0 aromatic rings. The quantitative estimate of drug-likeness (QED) is 0.302. The van der Waals surface area contributed by atoms with Gasteiger partial charge in [-0.3, -0.25) is 4.99 Å². The van der Waals surface area contributed by atoms with Crippen LogP contribution in [0.25, 0.3) is 0 Å². The van der Waals surface area contributed by atoms with Crippen LogP contribution in [-0.2, 0) is 4.74 Å². The maximum Gasteiger partial charge on any atom is 0.191 e. The topological polar surface area (TPSA) is 48.9 Å².